The highest BCUT2D eigenvalue weighted by Gasteiger charge is 2.17. The summed E-state index contributed by atoms with van der Waals surface area (Å²) in [7, 11) is 0. The normalized spacial score (nSPS) is 22.4. The Morgan fingerprint density at radius 1 is 1.36 bits per heavy atom. The fourth-order valence-electron chi connectivity index (χ4n) is 2.18. The minimum atomic E-state index is 0.795. The second kappa shape index (κ2) is 3.91. The number of nitrogens with two attached hydrogens (primary N) is 1. The molecule has 0 saturated carbocycles. The van der Waals surface area contributed by atoms with Gasteiger partial charge in [0, 0.05) is 13.1 Å². The molecule has 0 amide bonds. The van der Waals surface area contributed by atoms with E-state index in [4.69, 9.17) is 5.73 Å². The van der Waals surface area contributed by atoms with E-state index in [0.717, 1.165) is 24.7 Å². The third-order valence-corrected chi connectivity index (χ3v) is 2.93. The van der Waals surface area contributed by atoms with E-state index < -0.39 is 0 Å². The molecule has 0 unspecified atom stereocenters. The van der Waals surface area contributed by atoms with Gasteiger partial charge in [0.05, 0.1) is 11.4 Å². The topological polar surface area (TPSA) is 29.3 Å². The highest BCUT2D eigenvalue weighted by atomic mass is 15.1. The largest absolute Gasteiger partial charge is 0.397 e. The maximum absolute atomic E-state index is 5.96. The molecule has 0 spiro atoms. The fraction of sp³-hybridized carbons (Fsp3) is 0.500. The molecule has 2 heteroatoms. The summed E-state index contributed by atoms with van der Waals surface area (Å²) in [6.07, 6.45) is 2.64. The van der Waals surface area contributed by atoms with Crippen molar-refractivity contribution in [3.63, 3.8) is 0 Å². The molecule has 1 aliphatic rings. The van der Waals surface area contributed by atoms with E-state index in [1.54, 1.807) is 0 Å². The average molecular weight is 190 g/mol. The molecule has 0 aliphatic carbocycles. The first-order chi connectivity index (χ1) is 6.77. The van der Waals surface area contributed by atoms with Gasteiger partial charge in [-0.2, -0.15) is 0 Å². The van der Waals surface area contributed by atoms with Crippen molar-refractivity contribution in [2.45, 2.75) is 19.8 Å². The van der Waals surface area contributed by atoms with Crippen molar-refractivity contribution in [2.75, 3.05) is 23.7 Å². The van der Waals surface area contributed by atoms with Crippen LogP contribution in [0.4, 0.5) is 11.4 Å². The lowest BCUT2D eigenvalue weighted by Gasteiger charge is -2.33. The standard InChI is InChI=1S/C12H18N2/c1-10-5-4-8-14(9-10)12-7-3-2-6-11(12)13/h2-3,6-7,10H,4-5,8-9,13H2,1H3/t10-/m1/s1. The van der Waals surface area contributed by atoms with Gasteiger partial charge in [-0.25, -0.2) is 0 Å². The predicted octanol–water partition coefficient (Wildman–Crippen LogP) is 2.51. The van der Waals surface area contributed by atoms with Crippen molar-refractivity contribution < 1.29 is 0 Å². The van der Waals surface area contributed by atoms with Crippen LogP contribution in [0.25, 0.3) is 0 Å². The summed E-state index contributed by atoms with van der Waals surface area (Å²) in [5.41, 5.74) is 8.07. The van der Waals surface area contributed by atoms with Crippen molar-refractivity contribution in [2.24, 2.45) is 5.92 Å². The number of nitrogens with zero attached hydrogens (tertiary/aromatic N) is 1. The van der Waals surface area contributed by atoms with Crippen molar-refractivity contribution in [1.29, 1.82) is 0 Å². The quantitative estimate of drug-likeness (QED) is 0.689. The molecular weight excluding hydrogens is 172 g/mol. The lowest BCUT2D eigenvalue weighted by molar-refractivity contribution is 0.447. The molecule has 1 saturated heterocycles. The van der Waals surface area contributed by atoms with E-state index in [1.165, 1.54) is 18.5 Å². The molecule has 1 heterocycles. The van der Waals surface area contributed by atoms with Gasteiger partial charge in [-0.05, 0) is 30.9 Å². The summed E-state index contributed by atoms with van der Waals surface area (Å²) in [5.74, 6) is 0.795. The summed E-state index contributed by atoms with van der Waals surface area (Å²) in [4.78, 5) is 2.41. The Labute approximate surface area is 85.7 Å². The van der Waals surface area contributed by atoms with Gasteiger partial charge >= 0.3 is 0 Å². The van der Waals surface area contributed by atoms with Gasteiger partial charge in [-0.1, -0.05) is 19.1 Å². The number of nitrogen functional groups attached to an aromatic ring is 1. The molecule has 1 atom stereocenters. The third kappa shape index (κ3) is 1.84. The minimum Gasteiger partial charge on any atom is -0.397 e. The van der Waals surface area contributed by atoms with Crippen LogP contribution in [0.3, 0.4) is 0 Å². The van der Waals surface area contributed by atoms with Gasteiger partial charge in [0.15, 0.2) is 0 Å². The molecule has 0 radical (unpaired) electrons. The molecule has 2 rings (SSSR count). The van der Waals surface area contributed by atoms with Crippen LogP contribution >= 0.6 is 0 Å². The van der Waals surface area contributed by atoms with E-state index in [-0.39, 0.29) is 0 Å². The number of para-hydroxylation sites is 2. The molecule has 76 valence electrons. The molecule has 1 aromatic carbocycles. The van der Waals surface area contributed by atoms with Crippen LogP contribution < -0.4 is 10.6 Å². The first kappa shape index (κ1) is 9.38. The molecule has 14 heavy (non-hydrogen) atoms. The van der Waals surface area contributed by atoms with E-state index in [0.29, 0.717) is 0 Å². The first-order valence-electron chi connectivity index (χ1n) is 5.37. The number of piperidine rings is 1. The van der Waals surface area contributed by atoms with Crippen LogP contribution in [0.5, 0.6) is 0 Å². The summed E-state index contributed by atoms with van der Waals surface area (Å²) >= 11 is 0. The minimum absolute atomic E-state index is 0.795. The second-order valence-electron chi connectivity index (χ2n) is 4.25. The SMILES string of the molecule is C[C@@H]1CCCN(c2ccccc2N)C1. The number of hydrogen-bond acceptors (Lipinski definition) is 2. The van der Waals surface area contributed by atoms with Crippen LogP contribution in [0.1, 0.15) is 19.8 Å². The van der Waals surface area contributed by atoms with Gasteiger partial charge in [0.2, 0.25) is 0 Å². The molecular formula is C12H18N2. The Morgan fingerprint density at radius 3 is 2.86 bits per heavy atom. The van der Waals surface area contributed by atoms with Crippen molar-refractivity contribution >= 4 is 11.4 Å². The molecule has 1 aromatic rings. The van der Waals surface area contributed by atoms with Crippen molar-refractivity contribution in [1.82, 2.24) is 0 Å². The lowest BCUT2D eigenvalue weighted by atomic mass is 9.99. The van der Waals surface area contributed by atoms with Crippen LogP contribution in [0, 0.1) is 5.92 Å². The summed E-state index contributed by atoms with van der Waals surface area (Å²) < 4.78 is 0. The van der Waals surface area contributed by atoms with Gasteiger partial charge < -0.3 is 10.6 Å². The van der Waals surface area contributed by atoms with E-state index >= 15 is 0 Å². The molecule has 0 aromatic heterocycles. The number of anilines is 2. The van der Waals surface area contributed by atoms with Gasteiger partial charge in [-0.15, -0.1) is 0 Å². The first-order valence-corrected chi connectivity index (χ1v) is 5.37. The summed E-state index contributed by atoms with van der Waals surface area (Å²) in [5, 5.41) is 0. The van der Waals surface area contributed by atoms with E-state index in [1.807, 2.05) is 12.1 Å². The van der Waals surface area contributed by atoms with Gasteiger partial charge in [0.25, 0.3) is 0 Å². The van der Waals surface area contributed by atoms with Crippen LogP contribution in [0.2, 0.25) is 0 Å². The van der Waals surface area contributed by atoms with Crippen LogP contribution in [0.15, 0.2) is 24.3 Å². The van der Waals surface area contributed by atoms with Crippen molar-refractivity contribution in [3.8, 4) is 0 Å². The molecule has 1 aliphatic heterocycles. The molecule has 2 N–H and O–H groups in total. The Kier molecular flexibility index (Phi) is 2.62. The summed E-state index contributed by atoms with van der Waals surface area (Å²) in [6, 6.07) is 8.15. The Balaban J connectivity index is 2.18. The molecule has 0 bridgehead atoms. The second-order valence-corrected chi connectivity index (χ2v) is 4.25. The van der Waals surface area contributed by atoms with Crippen LogP contribution in [-0.4, -0.2) is 13.1 Å². The Hall–Kier alpha value is -1.18. The van der Waals surface area contributed by atoms with Gasteiger partial charge in [0.1, 0.15) is 0 Å². The van der Waals surface area contributed by atoms with E-state index in [2.05, 4.69) is 24.0 Å². The zero-order valence-corrected chi connectivity index (χ0v) is 8.74. The van der Waals surface area contributed by atoms with E-state index in [9.17, 15) is 0 Å². The number of hydrogen-bond donors (Lipinski definition) is 1. The Morgan fingerprint density at radius 2 is 2.14 bits per heavy atom. The Bertz CT molecular complexity index is 309. The fourth-order valence-corrected chi connectivity index (χ4v) is 2.18. The maximum atomic E-state index is 5.96. The van der Waals surface area contributed by atoms with Crippen LogP contribution in [-0.2, 0) is 0 Å². The molecule has 2 nitrogen and oxygen atoms in total. The summed E-state index contributed by atoms with van der Waals surface area (Å²) in [6.45, 7) is 4.61. The van der Waals surface area contributed by atoms with Crippen molar-refractivity contribution in [3.05, 3.63) is 24.3 Å². The number of rotatable bonds is 1. The smallest absolute Gasteiger partial charge is 0.0600 e. The average Bonchev–Trinajstić information content (AvgIpc) is 2.18. The number of benzene rings is 1. The highest BCUT2D eigenvalue weighted by molar-refractivity contribution is 5.67. The van der Waals surface area contributed by atoms with Gasteiger partial charge in [-0.3, -0.25) is 0 Å². The molecule has 1 fully saturated rings. The predicted molar refractivity (Wildman–Crippen MR) is 61.5 cm³/mol. The lowest BCUT2D eigenvalue weighted by Crippen LogP contribution is -2.34. The third-order valence-electron chi connectivity index (χ3n) is 2.93. The monoisotopic (exact) mass is 190 g/mol. The zero-order valence-electron chi connectivity index (χ0n) is 8.74. The maximum Gasteiger partial charge on any atom is 0.0600 e. The zero-order chi connectivity index (χ0) is 9.97. The highest BCUT2D eigenvalue weighted by Crippen LogP contribution is 2.27.